The fourth-order valence-corrected chi connectivity index (χ4v) is 1.81. The summed E-state index contributed by atoms with van der Waals surface area (Å²) in [6, 6.07) is 7.69. The Labute approximate surface area is 120 Å². The summed E-state index contributed by atoms with van der Waals surface area (Å²) in [5, 5.41) is 4.02. The fraction of sp³-hybridized carbons (Fsp3) is 0.200. The van der Waals surface area contributed by atoms with Crippen LogP contribution in [0.3, 0.4) is 0 Å². The lowest BCUT2D eigenvalue weighted by atomic mass is 10.1. The Hall–Kier alpha value is -2.50. The average Bonchev–Trinajstić information content (AvgIpc) is 2.94. The van der Waals surface area contributed by atoms with E-state index in [1.165, 1.54) is 18.2 Å². The summed E-state index contributed by atoms with van der Waals surface area (Å²) < 4.78 is 29.9. The molecule has 2 aromatic rings. The second-order valence-electron chi connectivity index (χ2n) is 4.18. The summed E-state index contributed by atoms with van der Waals surface area (Å²) in [5.74, 6) is -0.0835. The van der Waals surface area contributed by atoms with Crippen LogP contribution in [0, 0.1) is 0 Å². The number of halogens is 2. The molecule has 0 saturated heterocycles. The molecule has 0 aliphatic heterocycles. The summed E-state index contributed by atoms with van der Waals surface area (Å²) in [4.78, 5) is 12.0. The summed E-state index contributed by atoms with van der Waals surface area (Å²) in [7, 11) is 0. The number of ketones is 1. The summed E-state index contributed by atoms with van der Waals surface area (Å²) >= 11 is 0. The van der Waals surface area contributed by atoms with E-state index in [4.69, 9.17) is 0 Å². The highest BCUT2D eigenvalue weighted by molar-refractivity contribution is 6.05. The van der Waals surface area contributed by atoms with Gasteiger partial charge in [0.25, 0.3) is 0 Å². The van der Waals surface area contributed by atoms with Crippen molar-refractivity contribution in [1.29, 1.82) is 0 Å². The molecule has 0 spiro atoms. The molecular formula is C15H14F2N2O2. The molecule has 0 radical (unpaired) electrons. The number of rotatable bonds is 6. The van der Waals surface area contributed by atoms with Crippen LogP contribution in [0.15, 0.2) is 42.6 Å². The maximum absolute atomic E-state index is 12.0. The van der Waals surface area contributed by atoms with E-state index < -0.39 is 6.61 Å². The van der Waals surface area contributed by atoms with Crippen molar-refractivity contribution < 1.29 is 18.3 Å². The van der Waals surface area contributed by atoms with E-state index in [2.05, 4.69) is 9.84 Å². The van der Waals surface area contributed by atoms with E-state index in [0.717, 1.165) is 0 Å². The van der Waals surface area contributed by atoms with Crippen LogP contribution in [0.5, 0.6) is 5.75 Å². The molecule has 0 amide bonds. The molecule has 110 valence electrons. The van der Waals surface area contributed by atoms with Gasteiger partial charge in [-0.1, -0.05) is 18.2 Å². The van der Waals surface area contributed by atoms with Crippen LogP contribution in [0.1, 0.15) is 23.0 Å². The Balaban J connectivity index is 2.05. The molecule has 0 atom stereocenters. The van der Waals surface area contributed by atoms with Crippen LogP contribution in [0.4, 0.5) is 8.78 Å². The highest BCUT2D eigenvalue weighted by Gasteiger charge is 2.07. The SMILES string of the molecule is CCn1nccc1C(=O)/C=C/c1ccc(OC(F)F)cc1. The predicted molar refractivity (Wildman–Crippen MR) is 74.3 cm³/mol. The van der Waals surface area contributed by atoms with Gasteiger partial charge in [0.15, 0.2) is 0 Å². The smallest absolute Gasteiger partial charge is 0.387 e. The Morgan fingerprint density at radius 1 is 1.33 bits per heavy atom. The van der Waals surface area contributed by atoms with Crippen LogP contribution in [0.25, 0.3) is 6.08 Å². The number of allylic oxidation sites excluding steroid dienone is 1. The van der Waals surface area contributed by atoms with Crippen molar-refractivity contribution in [3.05, 3.63) is 53.9 Å². The summed E-state index contributed by atoms with van der Waals surface area (Å²) in [6.45, 7) is -0.334. The first-order valence-corrected chi connectivity index (χ1v) is 6.39. The minimum Gasteiger partial charge on any atom is -0.435 e. The monoisotopic (exact) mass is 292 g/mol. The van der Waals surface area contributed by atoms with Crippen molar-refractivity contribution in [3.63, 3.8) is 0 Å². The summed E-state index contributed by atoms with van der Waals surface area (Å²) in [5.41, 5.74) is 1.22. The number of alkyl halides is 2. The topological polar surface area (TPSA) is 44.1 Å². The van der Waals surface area contributed by atoms with Crippen molar-refractivity contribution >= 4 is 11.9 Å². The van der Waals surface area contributed by atoms with E-state index >= 15 is 0 Å². The first-order chi connectivity index (χ1) is 10.1. The molecule has 21 heavy (non-hydrogen) atoms. The number of nitrogens with zero attached hydrogens (tertiary/aromatic N) is 2. The lowest BCUT2D eigenvalue weighted by Gasteiger charge is -2.03. The number of hydrogen-bond donors (Lipinski definition) is 0. The zero-order chi connectivity index (χ0) is 15.2. The molecule has 0 bridgehead atoms. The third kappa shape index (κ3) is 3.98. The van der Waals surface area contributed by atoms with Crippen LogP contribution in [-0.2, 0) is 6.54 Å². The number of ether oxygens (including phenoxy) is 1. The number of hydrogen-bond acceptors (Lipinski definition) is 3. The van der Waals surface area contributed by atoms with E-state index in [1.54, 1.807) is 35.2 Å². The quantitative estimate of drug-likeness (QED) is 0.605. The molecule has 0 fully saturated rings. The van der Waals surface area contributed by atoms with Gasteiger partial charge in [0.2, 0.25) is 5.78 Å². The Kier molecular flexibility index (Phi) is 4.81. The maximum atomic E-state index is 12.0. The van der Waals surface area contributed by atoms with Gasteiger partial charge in [-0.25, -0.2) is 0 Å². The summed E-state index contributed by atoms with van der Waals surface area (Å²) in [6.07, 6.45) is 4.61. The highest BCUT2D eigenvalue weighted by atomic mass is 19.3. The number of benzene rings is 1. The van der Waals surface area contributed by atoms with Gasteiger partial charge in [0.1, 0.15) is 11.4 Å². The number of carbonyl (C=O) groups excluding carboxylic acids is 1. The molecule has 2 rings (SSSR count). The van der Waals surface area contributed by atoms with Gasteiger partial charge in [-0.05, 0) is 36.8 Å². The second kappa shape index (κ2) is 6.78. The van der Waals surface area contributed by atoms with Gasteiger partial charge < -0.3 is 4.74 Å². The van der Waals surface area contributed by atoms with E-state index in [-0.39, 0.29) is 11.5 Å². The maximum Gasteiger partial charge on any atom is 0.387 e. The van der Waals surface area contributed by atoms with Crippen molar-refractivity contribution in [1.82, 2.24) is 9.78 Å². The van der Waals surface area contributed by atoms with Crippen molar-refractivity contribution in [2.45, 2.75) is 20.1 Å². The molecule has 0 aliphatic carbocycles. The Morgan fingerprint density at radius 2 is 2.05 bits per heavy atom. The molecule has 6 heteroatoms. The minimum atomic E-state index is -2.85. The predicted octanol–water partition coefficient (Wildman–Crippen LogP) is 3.40. The molecular weight excluding hydrogens is 278 g/mol. The van der Waals surface area contributed by atoms with Crippen molar-refractivity contribution in [2.75, 3.05) is 0 Å². The highest BCUT2D eigenvalue weighted by Crippen LogP contribution is 2.16. The van der Waals surface area contributed by atoms with Crippen molar-refractivity contribution in [2.24, 2.45) is 0 Å². The lowest BCUT2D eigenvalue weighted by Crippen LogP contribution is -2.07. The molecule has 0 N–H and O–H groups in total. The van der Waals surface area contributed by atoms with Crippen LogP contribution in [-0.4, -0.2) is 22.2 Å². The van der Waals surface area contributed by atoms with Crippen LogP contribution >= 0.6 is 0 Å². The van der Waals surface area contributed by atoms with E-state index in [9.17, 15) is 13.6 Å². The van der Waals surface area contributed by atoms with Gasteiger partial charge in [0.05, 0.1) is 0 Å². The first-order valence-electron chi connectivity index (χ1n) is 6.39. The number of carbonyl (C=O) groups is 1. The van der Waals surface area contributed by atoms with E-state index in [0.29, 0.717) is 17.8 Å². The first kappa shape index (κ1) is 14.9. The number of aromatic nitrogens is 2. The normalized spacial score (nSPS) is 11.2. The minimum absolute atomic E-state index is 0.0811. The van der Waals surface area contributed by atoms with Crippen LogP contribution < -0.4 is 4.74 Å². The van der Waals surface area contributed by atoms with Gasteiger partial charge in [-0.15, -0.1) is 0 Å². The Bertz CT molecular complexity index is 633. The number of aryl methyl sites for hydroxylation is 1. The lowest BCUT2D eigenvalue weighted by molar-refractivity contribution is -0.0498. The standard InChI is InChI=1S/C15H14F2N2O2/c1-2-19-13(9-10-18-19)14(20)8-5-11-3-6-12(7-4-11)21-15(16)17/h3-10,15H,2H2,1H3/b8-5+. The Morgan fingerprint density at radius 3 is 2.67 bits per heavy atom. The second-order valence-corrected chi connectivity index (χ2v) is 4.18. The van der Waals surface area contributed by atoms with Gasteiger partial charge in [-0.2, -0.15) is 13.9 Å². The van der Waals surface area contributed by atoms with Gasteiger partial charge >= 0.3 is 6.61 Å². The molecule has 0 unspecified atom stereocenters. The largest absolute Gasteiger partial charge is 0.435 e. The van der Waals surface area contributed by atoms with Crippen molar-refractivity contribution in [3.8, 4) is 5.75 Å². The van der Waals surface area contributed by atoms with Gasteiger partial charge in [0, 0.05) is 12.7 Å². The third-order valence-electron chi connectivity index (χ3n) is 2.80. The molecule has 0 saturated carbocycles. The average molecular weight is 292 g/mol. The zero-order valence-corrected chi connectivity index (χ0v) is 11.4. The molecule has 4 nitrogen and oxygen atoms in total. The molecule has 0 aliphatic rings. The molecule has 1 aromatic carbocycles. The van der Waals surface area contributed by atoms with E-state index in [1.807, 2.05) is 6.92 Å². The van der Waals surface area contributed by atoms with Crippen LogP contribution in [0.2, 0.25) is 0 Å². The zero-order valence-electron chi connectivity index (χ0n) is 11.4. The molecule has 1 aromatic heterocycles. The molecule has 1 heterocycles. The van der Waals surface area contributed by atoms with Gasteiger partial charge in [-0.3, -0.25) is 9.48 Å². The third-order valence-corrected chi connectivity index (χ3v) is 2.80. The fourth-order valence-electron chi connectivity index (χ4n) is 1.81.